The van der Waals surface area contributed by atoms with Crippen LogP contribution in [-0.4, -0.2) is 19.4 Å². The number of hydrogen-bond acceptors (Lipinski definition) is 7. The minimum atomic E-state index is -0.835. The summed E-state index contributed by atoms with van der Waals surface area (Å²) in [6.07, 6.45) is -0.746. The lowest BCUT2D eigenvalue weighted by atomic mass is 9.89. The first-order valence-corrected chi connectivity index (χ1v) is 12.1. The highest BCUT2D eigenvalue weighted by Gasteiger charge is 2.14. The highest BCUT2D eigenvalue weighted by Crippen LogP contribution is 2.31. The summed E-state index contributed by atoms with van der Waals surface area (Å²) in [5, 5.41) is 0. The largest absolute Gasteiger partial charge is 0.519 e. The SMILES string of the molecule is CCC(c1ccc(OC(=O)OC)cc1)c1ccc(OC(=O)Oc2ccc(Oc3ccc(C)cc3)cc2)cc1. The molecule has 0 heterocycles. The van der Waals surface area contributed by atoms with Crippen LogP contribution in [-0.2, 0) is 4.74 Å². The van der Waals surface area contributed by atoms with Crippen LogP contribution in [0.3, 0.4) is 0 Å². The second-order valence-corrected chi connectivity index (χ2v) is 8.50. The van der Waals surface area contributed by atoms with Gasteiger partial charge in [0.15, 0.2) is 0 Å². The third kappa shape index (κ3) is 7.13. The molecule has 0 saturated heterocycles. The molecule has 0 bridgehead atoms. The van der Waals surface area contributed by atoms with Gasteiger partial charge in [-0.3, -0.25) is 0 Å². The van der Waals surface area contributed by atoms with Crippen molar-refractivity contribution in [3.8, 4) is 28.7 Å². The van der Waals surface area contributed by atoms with Crippen LogP contribution >= 0.6 is 0 Å². The van der Waals surface area contributed by atoms with Gasteiger partial charge >= 0.3 is 12.3 Å². The van der Waals surface area contributed by atoms with Crippen molar-refractivity contribution >= 4 is 12.3 Å². The molecular formula is C31H28O7. The van der Waals surface area contributed by atoms with E-state index in [2.05, 4.69) is 11.7 Å². The quantitative estimate of drug-likeness (QED) is 0.174. The van der Waals surface area contributed by atoms with E-state index in [1.54, 1.807) is 48.5 Å². The Morgan fingerprint density at radius 3 is 1.37 bits per heavy atom. The fraction of sp³-hybridized carbons (Fsp3) is 0.161. The minimum Gasteiger partial charge on any atom is -0.457 e. The van der Waals surface area contributed by atoms with E-state index in [0.717, 1.165) is 28.9 Å². The van der Waals surface area contributed by atoms with Crippen molar-refractivity contribution in [3.63, 3.8) is 0 Å². The first-order valence-electron chi connectivity index (χ1n) is 12.1. The van der Waals surface area contributed by atoms with Gasteiger partial charge in [0.2, 0.25) is 0 Å². The number of benzene rings is 4. The molecule has 194 valence electrons. The van der Waals surface area contributed by atoms with Crippen molar-refractivity contribution in [2.75, 3.05) is 7.11 Å². The summed E-state index contributed by atoms with van der Waals surface area (Å²) >= 11 is 0. The van der Waals surface area contributed by atoms with E-state index < -0.39 is 12.3 Å². The summed E-state index contributed by atoms with van der Waals surface area (Å²) in [6, 6.07) is 29.0. The van der Waals surface area contributed by atoms with Crippen molar-refractivity contribution in [3.05, 3.63) is 114 Å². The number of aryl methyl sites for hydroxylation is 1. The van der Waals surface area contributed by atoms with Crippen molar-refractivity contribution < 1.29 is 33.3 Å². The Morgan fingerprint density at radius 2 is 0.947 bits per heavy atom. The van der Waals surface area contributed by atoms with Crippen molar-refractivity contribution in [1.82, 2.24) is 0 Å². The van der Waals surface area contributed by atoms with Gasteiger partial charge in [0.1, 0.15) is 28.7 Å². The second-order valence-electron chi connectivity index (χ2n) is 8.50. The van der Waals surface area contributed by atoms with Crippen LogP contribution in [0.25, 0.3) is 0 Å². The molecule has 0 N–H and O–H groups in total. The Bertz CT molecular complexity index is 1340. The predicted octanol–water partition coefficient (Wildman–Crippen LogP) is 8.05. The average molecular weight is 513 g/mol. The van der Waals surface area contributed by atoms with Crippen LogP contribution < -0.4 is 18.9 Å². The van der Waals surface area contributed by atoms with Crippen molar-refractivity contribution in [1.29, 1.82) is 0 Å². The molecule has 0 aliphatic carbocycles. The molecule has 0 aliphatic rings. The zero-order valence-electron chi connectivity index (χ0n) is 21.4. The molecule has 1 unspecified atom stereocenters. The topological polar surface area (TPSA) is 80.3 Å². The van der Waals surface area contributed by atoms with Crippen LogP contribution in [0, 0.1) is 6.92 Å². The number of methoxy groups -OCH3 is 1. The van der Waals surface area contributed by atoms with Gasteiger partial charge < -0.3 is 23.7 Å². The van der Waals surface area contributed by atoms with Crippen LogP contribution in [0.1, 0.15) is 36.0 Å². The number of ether oxygens (including phenoxy) is 5. The zero-order chi connectivity index (χ0) is 26.9. The summed E-state index contributed by atoms with van der Waals surface area (Å²) in [7, 11) is 1.26. The third-order valence-corrected chi connectivity index (χ3v) is 5.82. The number of rotatable bonds is 8. The number of carbonyl (C=O) groups is 2. The summed E-state index contributed by atoms with van der Waals surface area (Å²) in [4.78, 5) is 23.6. The Labute approximate surface area is 221 Å². The van der Waals surface area contributed by atoms with Gasteiger partial charge in [-0.2, -0.15) is 0 Å². The summed E-state index contributed by atoms with van der Waals surface area (Å²) < 4.78 is 26.0. The average Bonchev–Trinajstić information content (AvgIpc) is 2.93. The Morgan fingerprint density at radius 1 is 0.579 bits per heavy atom. The van der Waals surface area contributed by atoms with Crippen LogP contribution in [0.2, 0.25) is 0 Å². The molecule has 1 atom stereocenters. The molecule has 7 nitrogen and oxygen atoms in total. The molecule has 4 aromatic carbocycles. The van der Waals surface area contributed by atoms with E-state index in [9.17, 15) is 9.59 Å². The third-order valence-electron chi connectivity index (χ3n) is 5.82. The van der Waals surface area contributed by atoms with E-state index in [1.165, 1.54) is 7.11 Å². The highest BCUT2D eigenvalue weighted by molar-refractivity contribution is 5.67. The number of hydrogen-bond donors (Lipinski definition) is 0. The molecule has 0 aliphatic heterocycles. The first kappa shape index (κ1) is 26.3. The molecule has 0 spiro atoms. The van der Waals surface area contributed by atoms with E-state index in [4.69, 9.17) is 18.9 Å². The molecule has 38 heavy (non-hydrogen) atoms. The maximum absolute atomic E-state index is 12.3. The van der Waals surface area contributed by atoms with Crippen LogP contribution in [0.4, 0.5) is 9.59 Å². The predicted molar refractivity (Wildman–Crippen MR) is 142 cm³/mol. The standard InChI is InChI=1S/C31H28O7/c1-4-29(22-7-13-26(14-8-22)36-30(32)34-3)23-9-15-27(16-10-23)37-31(33)38-28-19-17-25(18-20-28)35-24-11-5-21(2)6-12-24/h5-20,29H,4H2,1-3H3. The lowest BCUT2D eigenvalue weighted by molar-refractivity contribution is 0.121. The molecule has 0 amide bonds. The smallest absolute Gasteiger partial charge is 0.457 e. The minimum absolute atomic E-state index is 0.115. The molecule has 0 aromatic heterocycles. The van der Waals surface area contributed by atoms with Crippen LogP contribution in [0.5, 0.6) is 28.7 Å². The normalized spacial score (nSPS) is 11.2. The summed E-state index contributed by atoms with van der Waals surface area (Å²) in [5.41, 5.74) is 3.27. The highest BCUT2D eigenvalue weighted by atomic mass is 16.7. The van der Waals surface area contributed by atoms with E-state index in [0.29, 0.717) is 23.0 Å². The maximum Gasteiger partial charge on any atom is 0.519 e. The lowest BCUT2D eigenvalue weighted by Crippen LogP contribution is -2.13. The van der Waals surface area contributed by atoms with Gasteiger partial charge in [-0.05, 0) is 85.1 Å². The summed E-state index contributed by atoms with van der Waals surface area (Å²) in [6.45, 7) is 4.10. The molecule has 7 heteroatoms. The molecular weight excluding hydrogens is 484 g/mol. The monoisotopic (exact) mass is 512 g/mol. The Kier molecular flexibility index (Phi) is 8.61. The zero-order valence-corrected chi connectivity index (χ0v) is 21.4. The van der Waals surface area contributed by atoms with E-state index in [-0.39, 0.29) is 5.92 Å². The molecule has 0 fully saturated rings. The van der Waals surface area contributed by atoms with Gasteiger partial charge in [0.05, 0.1) is 7.11 Å². The van der Waals surface area contributed by atoms with Gasteiger partial charge in [0, 0.05) is 5.92 Å². The van der Waals surface area contributed by atoms with E-state index in [1.807, 2.05) is 55.5 Å². The molecule has 4 aromatic rings. The Hall–Kier alpha value is -4.78. The number of carbonyl (C=O) groups excluding carboxylic acids is 2. The first-order chi connectivity index (χ1) is 18.4. The van der Waals surface area contributed by atoms with Crippen molar-refractivity contribution in [2.45, 2.75) is 26.2 Å². The van der Waals surface area contributed by atoms with Gasteiger partial charge in [-0.25, -0.2) is 9.59 Å². The fourth-order valence-electron chi connectivity index (χ4n) is 3.87. The Balaban J connectivity index is 1.32. The fourth-order valence-corrected chi connectivity index (χ4v) is 3.87. The lowest BCUT2D eigenvalue weighted by Gasteiger charge is -2.17. The van der Waals surface area contributed by atoms with Gasteiger partial charge in [0.25, 0.3) is 0 Å². The molecule has 0 radical (unpaired) electrons. The molecule has 0 saturated carbocycles. The molecule has 4 rings (SSSR count). The van der Waals surface area contributed by atoms with Crippen LogP contribution in [0.15, 0.2) is 97.1 Å². The second kappa shape index (κ2) is 12.5. The van der Waals surface area contributed by atoms with Gasteiger partial charge in [-0.15, -0.1) is 0 Å². The maximum atomic E-state index is 12.3. The summed E-state index contributed by atoms with van der Waals surface area (Å²) in [5.74, 6) is 2.58. The van der Waals surface area contributed by atoms with Gasteiger partial charge in [-0.1, -0.05) is 48.9 Å². The van der Waals surface area contributed by atoms with E-state index >= 15 is 0 Å². The van der Waals surface area contributed by atoms with Crippen molar-refractivity contribution in [2.24, 2.45) is 0 Å².